The molecule has 3 nitrogen and oxygen atoms in total. The van der Waals surface area contributed by atoms with E-state index in [1.807, 2.05) is 18.2 Å². The number of hydrogen-bond acceptors (Lipinski definition) is 2. The third-order valence-electron chi connectivity index (χ3n) is 2.01. The van der Waals surface area contributed by atoms with Crippen molar-refractivity contribution in [1.82, 2.24) is 4.98 Å². The first-order chi connectivity index (χ1) is 6.74. The van der Waals surface area contributed by atoms with Gasteiger partial charge in [0, 0.05) is 17.2 Å². The van der Waals surface area contributed by atoms with Crippen molar-refractivity contribution >= 4 is 38.9 Å². The van der Waals surface area contributed by atoms with Crippen molar-refractivity contribution in [3.8, 4) is 0 Å². The van der Waals surface area contributed by atoms with Crippen LogP contribution in [0.3, 0.4) is 0 Å². The summed E-state index contributed by atoms with van der Waals surface area (Å²) in [4.78, 5) is 14.8. The Bertz CT molecular complexity index is 293. The highest BCUT2D eigenvalue weighted by atomic mass is 79.9. The predicted octanol–water partition coefficient (Wildman–Crippen LogP) is 2.69. The highest BCUT2D eigenvalue weighted by Gasteiger charge is 2.15. The van der Waals surface area contributed by atoms with Gasteiger partial charge in [-0.3, -0.25) is 9.78 Å². The number of pyridine rings is 1. The van der Waals surface area contributed by atoms with Crippen molar-refractivity contribution in [2.75, 3.05) is 5.33 Å². The van der Waals surface area contributed by atoms with E-state index < -0.39 is 5.97 Å². The van der Waals surface area contributed by atoms with Crippen LogP contribution in [0, 0.1) is 5.92 Å². The summed E-state index contributed by atoms with van der Waals surface area (Å²) >= 11 is 3.19. The summed E-state index contributed by atoms with van der Waals surface area (Å²) in [5, 5.41) is 9.30. The summed E-state index contributed by atoms with van der Waals surface area (Å²) in [5.41, 5.74) is 0.944. The second kappa shape index (κ2) is 7.82. The van der Waals surface area contributed by atoms with Gasteiger partial charge in [-0.25, -0.2) is 0 Å². The Morgan fingerprint density at radius 1 is 1.53 bits per heavy atom. The SMILES string of the molecule is Br.O=C(O)C(CBr)CCc1ccccn1. The number of nitrogens with zero attached hydrogens (tertiary/aromatic N) is 1. The lowest BCUT2D eigenvalue weighted by Crippen LogP contribution is -2.16. The summed E-state index contributed by atoms with van der Waals surface area (Å²) in [6.07, 6.45) is 3.06. The third kappa shape index (κ3) is 5.28. The van der Waals surface area contributed by atoms with E-state index in [2.05, 4.69) is 20.9 Å². The zero-order valence-electron chi connectivity index (χ0n) is 8.10. The van der Waals surface area contributed by atoms with E-state index in [9.17, 15) is 4.79 Å². The first-order valence-electron chi connectivity index (χ1n) is 4.42. The van der Waals surface area contributed by atoms with E-state index in [0.717, 1.165) is 5.69 Å². The molecular formula is C10H13Br2NO2. The summed E-state index contributed by atoms with van der Waals surface area (Å²) in [6, 6.07) is 5.67. The quantitative estimate of drug-likeness (QED) is 0.840. The van der Waals surface area contributed by atoms with Crippen molar-refractivity contribution in [2.45, 2.75) is 12.8 Å². The standard InChI is InChI=1S/C10H12BrNO2.BrH/c11-7-8(10(13)14)4-5-9-3-1-2-6-12-9;/h1-3,6,8H,4-5,7H2,(H,13,14);1H. The van der Waals surface area contributed by atoms with Gasteiger partial charge in [0.25, 0.3) is 0 Å². The lowest BCUT2D eigenvalue weighted by molar-refractivity contribution is -0.141. The monoisotopic (exact) mass is 337 g/mol. The molecule has 1 aromatic rings. The molecule has 15 heavy (non-hydrogen) atoms. The lowest BCUT2D eigenvalue weighted by Gasteiger charge is -2.07. The van der Waals surface area contributed by atoms with E-state index in [-0.39, 0.29) is 22.9 Å². The van der Waals surface area contributed by atoms with Gasteiger partial charge in [-0.15, -0.1) is 17.0 Å². The number of carboxylic acid groups (broad SMARTS) is 1. The van der Waals surface area contributed by atoms with E-state index in [1.165, 1.54) is 0 Å². The average molecular weight is 339 g/mol. The maximum Gasteiger partial charge on any atom is 0.307 e. The fraction of sp³-hybridized carbons (Fsp3) is 0.400. The third-order valence-corrected chi connectivity index (χ3v) is 2.79. The lowest BCUT2D eigenvalue weighted by atomic mass is 10.0. The number of rotatable bonds is 5. The molecule has 0 saturated heterocycles. The molecular weight excluding hydrogens is 326 g/mol. The normalized spacial score (nSPS) is 11.5. The second-order valence-corrected chi connectivity index (χ2v) is 3.70. The maximum absolute atomic E-state index is 10.7. The van der Waals surface area contributed by atoms with Crippen molar-refractivity contribution < 1.29 is 9.90 Å². The molecule has 1 heterocycles. The Balaban J connectivity index is 0.00000196. The molecule has 0 amide bonds. The molecule has 0 bridgehead atoms. The zero-order valence-corrected chi connectivity index (χ0v) is 11.4. The van der Waals surface area contributed by atoms with E-state index >= 15 is 0 Å². The number of hydrogen-bond donors (Lipinski definition) is 1. The number of aryl methyl sites for hydroxylation is 1. The highest BCUT2D eigenvalue weighted by Crippen LogP contribution is 2.11. The molecule has 0 radical (unpaired) electrons. The molecule has 0 aliphatic heterocycles. The number of halogens is 2. The average Bonchev–Trinajstić information content (AvgIpc) is 2.20. The molecule has 0 aliphatic carbocycles. The number of alkyl halides is 1. The van der Waals surface area contributed by atoms with Gasteiger partial charge in [0.05, 0.1) is 5.92 Å². The Morgan fingerprint density at radius 3 is 2.73 bits per heavy atom. The number of aliphatic carboxylic acids is 1. The Hall–Kier alpha value is -0.420. The zero-order chi connectivity index (χ0) is 10.4. The first kappa shape index (κ1) is 14.6. The van der Waals surface area contributed by atoms with Crippen LogP contribution in [0.4, 0.5) is 0 Å². The van der Waals surface area contributed by atoms with Gasteiger partial charge in [0.2, 0.25) is 0 Å². The molecule has 1 aromatic heterocycles. The van der Waals surface area contributed by atoms with E-state index in [1.54, 1.807) is 6.20 Å². The summed E-state index contributed by atoms with van der Waals surface area (Å²) in [5.74, 6) is -1.07. The molecule has 0 fully saturated rings. The fourth-order valence-corrected chi connectivity index (χ4v) is 1.74. The first-order valence-corrected chi connectivity index (χ1v) is 5.55. The molecule has 0 spiro atoms. The molecule has 5 heteroatoms. The number of carboxylic acids is 1. The molecule has 84 valence electrons. The van der Waals surface area contributed by atoms with Crippen LogP contribution in [0.2, 0.25) is 0 Å². The minimum absolute atomic E-state index is 0. The summed E-state index contributed by atoms with van der Waals surface area (Å²) in [7, 11) is 0. The van der Waals surface area contributed by atoms with Crippen molar-refractivity contribution in [3.63, 3.8) is 0 Å². The Kier molecular flexibility index (Phi) is 7.60. The maximum atomic E-state index is 10.7. The van der Waals surface area contributed by atoms with Crippen LogP contribution in [0.25, 0.3) is 0 Å². The molecule has 1 N–H and O–H groups in total. The van der Waals surface area contributed by atoms with Crippen molar-refractivity contribution in [3.05, 3.63) is 30.1 Å². The Labute approximate surface area is 108 Å². The smallest absolute Gasteiger partial charge is 0.307 e. The van der Waals surface area contributed by atoms with Crippen LogP contribution >= 0.6 is 32.9 Å². The fourth-order valence-electron chi connectivity index (χ4n) is 1.13. The van der Waals surface area contributed by atoms with Gasteiger partial charge in [0.1, 0.15) is 0 Å². The summed E-state index contributed by atoms with van der Waals surface area (Å²) < 4.78 is 0. The minimum Gasteiger partial charge on any atom is -0.481 e. The molecule has 0 aromatic carbocycles. The molecule has 0 saturated carbocycles. The Morgan fingerprint density at radius 2 is 2.27 bits per heavy atom. The van der Waals surface area contributed by atoms with Crippen LogP contribution in [-0.2, 0) is 11.2 Å². The van der Waals surface area contributed by atoms with Gasteiger partial charge in [-0.1, -0.05) is 22.0 Å². The summed E-state index contributed by atoms with van der Waals surface area (Å²) in [6.45, 7) is 0. The van der Waals surface area contributed by atoms with Gasteiger partial charge in [-0.05, 0) is 25.0 Å². The van der Waals surface area contributed by atoms with Crippen molar-refractivity contribution in [2.24, 2.45) is 5.92 Å². The topological polar surface area (TPSA) is 50.2 Å². The predicted molar refractivity (Wildman–Crippen MR) is 67.8 cm³/mol. The number of carbonyl (C=O) groups is 1. The molecule has 0 aliphatic rings. The molecule has 1 unspecified atom stereocenters. The van der Waals surface area contributed by atoms with Crippen LogP contribution in [0.5, 0.6) is 0 Å². The highest BCUT2D eigenvalue weighted by molar-refractivity contribution is 9.09. The van der Waals surface area contributed by atoms with Crippen LogP contribution in [-0.4, -0.2) is 21.4 Å². The molecule has 1 atom stereocenters. The second-order valence-electron chi connectivity index (χ2n) is 3.05. The van der Waals surface area contributed by atoms with Gasteiger partial charge in [-0.2, -0.15) is 0 Å². The van der Waals surface area contributed by atoms with Crippen LogP contribution in [0.15, 0.2) is 24.4 Å². The van der Waals surface area contributed by atoms with Crippen LogP contribution < -0.4 is 0 Å². The molecule has 1 rings (SSSR count). The van der Waals surface area contributed by atoms with Gasteiger partial charge in [0.15, 0.2) is 0 Å². The van der Waals surface area contributed by atoms with Crippen LogP contribution in [0.1, 0.15) is 12.1 Å². The van der Waals surface area contributed by atoms with Gasteiger partial charge < -0.3 is 5.11 Å². The van der Waals surface area contributed by atoms with E-state index in [0.29, 0.717) is 18.2 Å². The van der Waals surface area contributed by atoms with Crippen molar-refractivity contribution in [1.29, 1.82) is 0 Å². The van der Waals surface area contributed by atoms with Gasteiger partial charge >= 0.3 is 5.97 Å². The largest absolute Gasteiger partial charge is 0.481 e. The van der Waals surface area contributed by atoms with E-state index in [4.69, 9.17) is 5.11 Å². The number of aromatic nitrogens is 1. The minimum atomic E-state index is -0.752.